The van der Waals surface area contributed by atoms with E-state index in [1.807, 2.05) is 43.3 Å². The number of nitrogens with zero attached hydrogens (tertiary/aromatic N) is 5. The predicted octanol–water partition coefficient (Wildman–Crippen LogP) is 3.99. The Bertz CT molecular complexity index is 1070. The molecule has 7 heteroatoms. The van der Waals surface area contributed by atoms with E-state index < -0.39 is 0 Å². The zero-order valence-electron chi connectivity index (χ0n) is 15.0. The van der Waals surface area contributed by atoms with Crippen molar-refractivity contribution < 1.29 is 8.83 Å². The highest BCUT2D eigenvalue weighted by atomic mass is 16.4. The Morgan fingerprint density at radius 1 is 0.963 bits per heavy atom. The van der Waals surface area contributed by atoms with Gasteiger partial charge in [-0.15, -0.1) is 10.2 Å². The van der Waals surface area contributed by atoms with E-state index in [9.17, 15) is 0 Å². The second kappa shape index (κ2) is 6.87. The molecule has 3 heterocycles. The fraction of sp³-hybridized carbons (Fsp3) is 0.100. The molecule has 0 saturated carbocycles. The summed E-state index contributed by atoms with van der Waals surface area (Å²) in [6.07, 6.45) is 4.84. The molecule has 0 spiro atoms. The average Bonchev–Trinajstić information content (AvgIpc) is 3.39. The van der Waals surface area contributed by atoms with E-state index in [4.69, 9.17) is 8.83 Å². The van der Waals surface area contributed by atoms with Crippen LogP contribution in [-0.4, -0.2) is 39.2 Å². The van der Waals surface area contributed by atoms with Gasteiger partial charge in [-0.25, -0.2) is 4.98 Å². The molecule has 1 aromatic carbocycles. The van der Waals surface area contributed by atoms with Gasteiger partial charge in [0.1, 0.15) is 5.69 Å². The Balaban J connectivity index is 1.62. The van der Waals surface area contributed by atoms with E-state index in [2.05, 4.69) is 26.7 Å². The minimum Gasteiger partial charge on any atom is -0.459 e. The third kappa shape index (κ3) is 3.35. The standard InChI is InChI=1S/C20H17N5O2/c1-13(25(2)3)14-6-8-15(9-7-14)16-11-21-12-17(22-16)19-23-24-20(27-19)18-5-4-10-26-18/h4-12H,1H2,2-3H3. The Morgan fingerprint density at radius 2 is 1.70 bits per heavy atom. The molecule has 0 bridgehead atoms. The number of aromatic nitrogens is 4. The second-order valence-corrected chi connectivity index (χ2v) is 6.10. The molecule has 0 radical (unpaired) electrons. The van der Waals surface area contributed by atoms with E-state index in [1.165, 1.54) is 0 Å². The number of hydrogen-bond donors (Lipinski definition) is 0. The van der Waals surface area contributed by atoms with Gasteiger partial charge in [0.2, 0.25) is 0 Å². The molecule has 0 saturated heterocycles. The minimum absolute atomic E-state index is 0.286. The van der Waals surface area contributed by atoms with Crippen LogP contribution in [0.5, 0.6) is 0 Å². The molecular formula is C20H17N5O2. The molecule has 0 unspecified atom stereocenters. The largest absolute Gasteiger partial charge is 0.459 e. The van der Waals surface area contributed by atoms with Crippen molar-refractivity contribution in [1.29, 1.82) is 0 Å². The van der Waals surface area contributed by atoms with E-state index >= 15 is 0 Å². The van der Waals surface area contributed by atoms with Crippen molar-refractivity contribution in [2.75, 3.05) is 14.1 Å². The van der Waals surface area contributed by atoms with Gasteiger partial charge in [0, 0.05) is 25.4 Å². The maximum absolute atomic E-state index is 5.65. The topological polar surface area (TPSA) is 81.1 Å². The summed E-state index contributed by atoms with van der Waals surface area (Å²) < 4.78 is 10.9. The lowest BCUT2D eigenvalue weighted by molar-refractivity contribution is 0.522. The molecule has 27 heavy (non-hydrogen) atoms. The summed E-state index contributed by atoms with van der Waals surface area (Å²) in [5.74, 6) is 1.09. The maximum atomic E-state index is 5.65. The maximum Gasteiger partial charge on any atom is 0.283 e. The summed E-state index contributed by atoms with van der Waals surface area (Å²) >= 11 is 0. The van der Waals surface area contributed by atoms with Crippen LogP contribution >= 0.6 is 0 Å². The lowest BCUT2D eigenvalue weighted by Gasteiger charge is -2.15. The van der Waals surface area contributed by atoms with Gasteiger partial charge in [-0.2, -0.15) is 0 Å². The summed E-state index contributed by atoms with van der Waals surface area (Å²) in [6.45, 7) is 4.07. The quantitative estimate of drug-likeness (QED) is 0.533. The smallest absolute Gasteiger partial charge is 0.283 e. The molecular weight excluding hydrogens is 342 g/mol. The van der Waals surface area contributed by atoms with E-state index in [0.717, 1.165) is 16.8 Å². The molecule has 7 nitrogen and oxygen atoms in total. The highest BCUT2D eigenvalue weighted by Crippen LogP contribution is 2.25. The van der Waals surface area contributed by atoms with Gasteiger partial charge in [-0.05, 0) is 17.7 Å². The molecule has 4 aromatic rings. The molecule has 0 N–H and O–H groups in total. The molecule has 0 aliphatic heterocycles. The Morgan fingerprint density at radius 3 is 2.41 bits per heavy atom. The van der Waals surface area contributed by atoms with E-state index in [-0.39, 0.29) is 5.89 Å². The Labute approximate surface area is 156 Å². The number of furan rings is 1. The Hall–Kier alpha value is -3.74. The lowest BCUT2D eigenvalue weighted by Crippen LogP contribution is -2.08. The van der Waals surface area contributed by atoms with Gasteiger partial charge in [-0.3, -0.25) is 4.98 Å². The fourth-order valence-electron chi connectivity index (χ4n) is 2.53. The summed E-state index contributed by atoms with van der Waals surface area (Å²) in [5, 5.41) is 8.03. The molecule has 4 rings (SSSR count). The van der Waals surface area contributed by atoms with Crippen LogP contribution in [0.3, 0.4) is 0 Å². The van der Waals surface area contributed by atoms with Crippen molar-refractivity contribution >= 4 is 5.70 Å². The van der Waals surface area contributed by atoms with Crippen LogP contribution in [0.2, 0.25) is 0 Å². The zero-order chi connectivity index (χ0) is 18.8. The van der Waals surface area contributed by atoms with Crippen molar-refractivity contribution in [3.63, 3.8) is 0 Å². The first-order valence-electron chi connectivity index (χ1n) is 8.28. The van der Waals surface area contributed by atoms with Crippen molar-refractivity contribution in [2.24, 2.45) is 0 Å². The first-order chi connectivity index (χ1) is 13.1. The van der Waals surface area contributed by atoms with Crippen LogP contribution < -0.4 is 0 Å². The average molecular weight is 359 g/mol. The second-order valence-electron chi connectivity index (χ2n) is 6.10. The van der Waals surface area contributed by atoms with Gasteiger partial charge in [0.15, 0.2) is 5.76 Å². The molecule has 3 aromatic heterocycles. The Kier molecular flexibility index (Phi) is 4.25. The normalized spacial score (nSPS) is 10.7. The SMILES string of the molecule is C=C(c1ccc(-c2cncc(-c3nnc(-c4ccco4)o3)n2)cc1)N(C)C. The van der Waals surface area contributed by atoms with Gasteiger partial charge in [0.05, 0.1) is 24.4 Å². The molecule has 0 aliphatic carbocycles. The van der Waals surface area contributed by atoms with Gasteiger partial charge < -0.3 is 13.7 Å². The van der Waals surface area contributed by atoms with Gasteiger partial charge in [-0.1, -0.05) is 30.8 Å². The highest BCUT2D eigenvalue weighted by Gasteiger charge is 2.14. The molecule has 0 aliphatic rings. The van der Waals surface area contributed by atoms with Crippen LogP contribution in [0.15, 0.2) is 70.5 Å². The van der Waals surface area contributed by atoms with Crippen LogP contribution in [0.1, 0.15) is 5.56 Å². The van der Waals surface area contributed by atoms with Crippen LogP contribution in [0.25, 0.3) is 40.2 Å². The predicted molar refractivity (Wildman–Crippen MR) is 101 cm³/mol. The molecule has 0 atom stereocenters. The van der Waals surface area contributed by atoms with Crippen LogP contribution in [-0.2, 0) is 0 Å². The number of rotatable bonds is 5. The summed E-state index contributed by atoms with van der Waals surface area (Å²) in [4.78, 5) is 10.8. The highest BCUT2D eigenvalue weighted by molar-refractivity contribution is 5.67. The first-order valence-corrected chi connectivity index (χ1v) is 8.28. The summed E-state index contributed by atoms with van der Waals surface area (Å²) in [6, 6.07) is 11.5. The summed E-state index contributed by atoms with van der Waals surface area (Å²) in [5.41, 5.74) is 4.14. The third-order valence-electron chi connectivity index (χ3n) is 4.06. The van der Waals surface area contributed by atoms with Gasteiger partial charge >= 0.3 is 0 Å². The summed E-state index contributed by atoms with van der Waals surface area (Å²) in [7, 11) is 3.93. The fourth-order valence-corrected chi connectivity index (χ4v) is 2.53. The van der Waals surface area contributed by atoms with Crippen LogP contribution in [0, 0.1) is 0 Å². The van der Waals surface area contributed by atoms with E-state index in [0.29, 0.717) is 23.0 Å². The minimum atomic E-state index is 0.286. The van der Waals surface area contributed by atoms with E-state index in [1.54, 1.807) is 30.8 Å². The van der Waals surface area contributed by atoms with Crippen molar-refractivity contribution in [1.82, 2.24) is 25.1 Å². The molecule has 134 valence electrons. The first kappa shape index (κ1) is 16.7. The third-order valence-corrected chi connectivity index (χ3v) is 4.06. The number of hydrogen-bond acceptors (Lipinski definition) is 7. The lowest BCUT2D eigenvalue weighted by atomic mass is 10.1. The molecule has 0 fully saturated rings. The zero-order valence-corrected chi connectivity index (χ0v) is 15.0. The molecule has 0 amide bonds. The van der Waals surface area contributed by atoms with Crippen molar-refractivity contribution in [3.05, 3.63) is 67.2 Å². The van der Waals surface area contributed by atoms with Crippen molar-refractivity contribution in [2.45, 2.75) is 0 Å². The monoisotopic (exact) mass is 359 g/mol. The number of benzene rings is 1. The van der Waals surface area contributed by atoms with Crippen molar-refractivity contribution in [3.8, 4) is 34.5 Å². The van der Waals surface area contributed by atoms with Crippen LogP contribution in [0.4, 0.5) is 0 Å². The van der Waals surface area contributed by atoms with Gasteiger partial charge in [0.25, 0.3) is 11.8 Å².